The van der Waals surface area contributed by atoms with Crippen LogP contribution < -0.4 is 17.3 Å². The molecule has 0 spiro atoms. The molecule has 0 radical (unpaired) electrons. The summed E-state index contributed by atoms with van der Waals surface area (Å²) in [5.41, 5.74) is 11.8. The van der Waals surface area contributed by atoms with Gasteiger partial charge in [-0.1, -0.05) is 30.3 Å². The highest BCUT2D eigenvalue weighted by Crippen LogP contribution is 2.24. The molecule has 1 aromatic heterocycles. The molecule has 6 nitrogen and oxygen atoms in total. The van der Waals surface area contributed by atoms with Crippen molar-refractivity contribution in [3.8, 4) is 0 Å². The zero-order valence-electron chi connectivity index (χ0n) is 8.96. The molecule has 0 saturated carbocycles. The lowest BCUT2D eigenvalue weighted by atomic mass is 9.92. The highest BCUT2D eigenvalue weighted by atomic mass is 15.5. The summed E-state index contributed by atoms with van der Waals surface area (Å²) >= 11 is 0. The largest absolute Gasteiger partial charge is 0.366 e. The van der Waals surface area contributed by atoms with Crippen molar-refractivity contribution >= 4 is 5.95 Å². The molecule has 84 valence electrons. The summed E-state index contributed by atoms with van der Waals surface area (Å²) in [7, 11) is 0. The maximum Gasteiger partial charge on any atom is 0.240 e. The van der Waals surface area contributed by atoms with Gasteiger partial charge < -0.3 is 17.3 Å². The molecular formula is C10H14N6. The Morgan fingerprint density at radius 3 is 2.31 bits per heavy atom. The minimum atomic E-state index is -0.819. The van der Waals surface area contributed by atoms with Crippen molar-refractivity contribution in [2.45, 2.75) is 12.5 Å². The van der Waals surface area contributed by atoms with Crippen LogP contribution in [0.2, 0.25) is 0 Å². The second-order valence-corrected chi connectivity index (χ2v) is 3.82. The molecule has 16 heavy (non-hydrogen) atoms. The summed E-state index contributed by atoms with van der Waals surface area (Å²) in [4.78, 5) is 0. The van der Waals surface area contributed by atoms with E-state index in [4.69, 9.17) is 17.3 Å². The summed E-state index contributed by atoms with van der Waals surface area (Å²) < 4.78 is 1.20. The third-order valence-corrected chi connectivity index (χ3v) is 2.56. The van der Waals surface area contributed by atoms with E-state index in [1.807, 2.05) is 37.3 Å². The van der Waals surface area contributed by atoms with Crippen LogP contribution in [0.1, 0.15) is 18.3 Å². The van der Waals surface area contributed by atoms with E-state index < -0.39 is 5.54 Å². The zero-order chi connectivity index (χ0) is 11.8. The second kappa shape index (κ2) is 3.49. The van der Waals surface area contributed by atoms with Crippen LogP contribution in [0.4, 0.5) is 5.95 Å². The molecule has 0 aliphatic carbocycles. The lowest BCUT2D eigenvalue weighted by Crippen LogP contribution is -2.39. The molecule has 2 aromatic rings. The summed E-state index contributed by atoms with van der Waals surface area (Å²) in [5.74, 6) is 6.28. The molecule has 2 rings (SSSR count). The molecule has 1 unspecified atom stereocenters. The summed E-state index contributed by atoms with van der Waals surface area (Å²) in [5, 5.41) is 7.60. The Labute approximate surface area is 93.0 Å². The van der Waals surface area contributed by atoms with Gasteiger partial charge in [-0.25, -0.2) is 4.68 Å². The van der Waals surface area contributed by atoms with E-state index in [2.05, 4.69) is 10.2 Å². The van der Waals surface area contributed by atoms with Gasteiger partial charge in [0.15, 0.2) is 5.82 Å². The van der Waals surface area contributed by atoms with E-state index in [1.54, 1.807) is 0 Å². The first kappa shape index (κ1) is 10.4. The molecule has 0 amide bonds. The zero-order valence-corrected chi connectivity index (χ0v) is 8.96. The third-order valence-electron chi connectivity index (χ3n) is 2.56. The number of hydrogen-bond donors (Lipinski definition) is 3. The van der Waals surface area contributed by atoms with Crippen LogP contribution >= 0.6 is 0 Å². The minimum Gasteiger partial charge on any atom is -0.366 e. The predicted octanol–water partition coefficient (Wildman–Crippen LogP) is -0.204. The minimum absolute atomic E-state index is 0.141. The molecule has 6 N–H and O–H groups in total. The van der Waals surface area contributed by atoms with Crippen molar-refractivity contribution in [3.63, 3.8) is 0 Å². The molecule has 1 aromatic carbocycles. The summed E-state index contributed by atoms with van der Waals surface area (Å²) in [6.07, 6.45) is 0. The quantitative estimate of drug-likeness (QED) is 0.605. The molecule has 0 aliphatic heterocycles. The van der Waals surface area contributed by atoms with Crippen LogP contribution in [-0.2, 0) is 5.54 Å². The molecule has 0 bridgehead atoms. The van der Waals surface area contributed by atoms with Gasteiger partial charge >= 0.3 is 0 Å². The van der Waals surface area contributed by atoms with Crippen molar-refractivity contribution in [2.75, 3.05) is 11.6 Å². The van der Waals surface area contributed by atoms with Crippen molar-refractivity contribution in [1.82, 2.24) is 14.9 Å². The maximum atomic E-state index is 6.21. The second-order valence-electron chi connectivity index (χ2n) is 3.82. The van der Waals surface area contributed by atoms with E-state index in [1.165, 1.54) is 4.68 Å². The topological polar surface area (TPSA) is 109 Å². The van der Waals surface area contributed by atoms with Gasteiger partial charge in [0.25, 0.3) is 0 Å². The summed E-state index contributed by atoms with van der Waals surface area (Å²) in [6.45, 7) is 1.81. The number of nitrogens with two attached hydrogens (primary N) is 3. The number of anilines is 1. The number of hydrogen-bond acceptors (Lipinski definition) is 5. The Morgan fingerprint density at radius 1 is 1.19 bits per heavy atom. The molecule has 1 heterocycles. The van der Waals surface area contributed by atoms with E-state index in [-0.39, 0.29) is 5.95 Å². The van der Waals surface area contributed by atoms with Crippen LogP contribution in [0.15, 0.2) is 30.3 Å². The van der Waals surface area contributed by atoms with Gasteiger partial charge in [0, 0.05) is 0 Å². The summed E-state index contributed by atoms with van der Waals surface area (Å²) in [6, 6.07) is 9.54. The van der Waals surface area contributed by atoms with Crippen molar-refractivity contribution in [2.24, 2.45) is 5.73 Å². The Morgan fingerprint density at radius 2 is 1.81 bits per heavy atom. The molecule has 0 fully saturated rings. The Balaban J connectivity index is 2.51. The van der Waals surface area contributed by atoms with Gasteiger partial charge in [0.1, 0.15) is 5.54 Å². The van der Waals surface area contributed by atoms with Crippen LogP contribution in [-0.4, -0.2) is 14.9 Å². The normalized spacial score (nSPS) is 14.6. The van der Waals surface area contributed by atoms with Crippen molar-refractivity contribution < 1.29 is 0 Å². The maximum absolute atomic E-state index is 6.21. The standard InChI is InChI=1S/C10H14N6/c1-10(12,7-5-3-2-4-6-7)8-14-15-9(11)16(8)13/h2-6H,12-13H2,1H3,(H2,11,15). The fraction of sp³-hybridized carbons (Fsp3) is 0.200. The number of nitrogen functional groups attached to an aromatic ring is 2. The number of nitrogens with zero attached hydrogens (tertiary/aromatic N) is 3. The average molecular weight is 218 g/mol. The first-order valence-corrected chi connectivity index (χ1v) is 4.84. The first-order valence-electron chi connectivity index (χ1n) is 4.84. The number of rotatable bonds is 2. The SMILES string of the molecule is CC(N)(c1ccccc1)c1nnc(N)n1N. The van der Waals surface area contributed by atoms with Crippen molar-refractivity contribution in [1.29, 1.82) is 0 Å². The first-order chi connectivity index (χ1) is 7.53. The van der Waals surface area contributed by atoms with Crippen LogP contribution in [0.3, 0.4) is 0 Å². The van der Waals surface area contributed by atoms with Gasteiger partial charge in [0.05, 0.1) is 0 Å². The van der Waals surface area contributed by atoms with E-state index >= 15 is 0 Å². The van der Waals surface area contributed by atoms with Gasteiger partial charge in [-0.05, 0) is 12.5 Å². The van der Waals surface area contributed by atoms with E-state index in [0.29, 0.717) is 5.82 Å². The van der Waals surface area contributed by atoms with E-state index in [9.17, 15) is 0 Å². The molecule has 0 aliphatic rings. The van der Waals surface area contributed by atoms with Gasteiger partial charge in [-0.15, -0.1) is 10.2 Å². The Hall–Kier alpha value is -2.08. The van der Waals surface area contributed by atoms with Gasteiger partial charge in [-0.3, -0.25) is 0 Å². The smallest absolute Gasteiger partial charge is 0.240 e. The van der Waals surface area contributed by atoms with Gasteiger partial charge in [-0.2, -0.15) is 0 Å². The highest BCUT2D eigenvalue weighted by Gasteiger charge is 2.30. The number of aromatic nitrogens is 3. The van der Waals surface area contributed by atoms with E-state index in [0.717, 1.165) is 5.56 Å². The van der Waals surface area contributed by atoms with Crippen LogP contribution in [0, 0.1) is 0 Å². The third kappa shape index (κ3) is 1.49. The molecule has 1 atom stereocenters. The number of benzene rings is 1. The van der Waals surface area contributed by atoms with Crippen LogP contribution in [0.25, 0.3) is 0 Å². The molecular weight excluding hydrogens is 204 g/mol. The Kier molecular flexibility index (Phi) is 2.28. The monoisotopic (exact) mass is 218 g/mol. The van der Waals surface area contributed by atoms with Gasteiger partial charge in [0.2, 0.25) is 5.95 Å². The lowest BCUT2D eigenvalue weighted by molar-refractivity contribution is 0.540. The predicted molar refractivity (Wildman–Crippen MR) is 61.7 cm³/mol. The molecule has 0 saturated heterocycles. The Bertz CT molecular complexity index is 487. The average Bonchev–Trinajstić information content (AvgIpc) is 2.61. The fourth-order valence-electron chi connectivity index (χ4n) is 1.57. The highest BCUT2D eigenvalue weighted by molar-refractivity contribution is 5.32. The van der Waals surface area contributed by atoms with Crippen molar-refractivity contribution in [3.05, 3.63) is 41.7 Å². The molecule has 6 heteroatoms. The fourth-order valence-corrected chi connectivity index (χ4v) is 1.57. The van der Waals surface area contributed by atoms with Crippen LogP contribution in [0.5, 0.6) is 0 Å². The lowest BCUT2D eigenvalue weighted by Gasteiger charge is -2.23.